The molecule has 172 valence electrons. The Balaban J connectivity index is 1.83. The molecule has 7 N–H and O–H groups in total. The van der Waals surface area contributed by atoms with Gasteiger partial charge in [-0.05, 0) is 46.1 Å². The molecule has 2 atom stereocenters. The van der Waals surface area contributed by atoms with Crippen LogP contribution in [0.25, 0.3) is 0 Å². The molecule has 1 aliphatic heterocycles. The smallest absolute Gasteiger partial charge is 0.326 e. The number of nitrogens with one attached hydrogen (secondary N) is 2. The minimum absolute atomic E-state index is 0.0534. The van der Waals surface area contributed by atoms with Crippen molar-refractivity contribution in [1.82, 2.24) is 15.2 Å². The Hall–Kier alpha value is -2.73. The SMILES string of the molecule is Cc1nc(NC(=O)CN2CCCC(C(=O)NC(CCCN=C(N)N)C(=O)O)C2)sc1C. The van der Waals surface area contributed by atoms with Crippen molar-refractivity contribution in [2.45, 2.75) is 45.6 Å². The van der Waals surface area contributed by atoms with Crippen molar-refractivity contribution in [1.29, 1.82) is 0 Å². The van der Waals surface area contributed by atoms with E-state index in [9.17, 15) is 19.5 Å². The van der Waals surface area contributed by atoms with Crippen LogP contribution in [0.5, 0.6) is 0 Å². The highest BCUT2D eigenvalue weighted by atomic mass is 32.1. The van der Waals surface area contributed by atoms with Gasteiger partial charge in [0, 0.05) is 18.0 Å². The molecule has 1 aliphatic rings. The number of anilines is 1. The molecule has 0 saturated carbocycles. The van der Waals surface area contributed by atoms with E-state index in [0.717, 1.165) is 17.0 Å². The van der Waals surface area contributed by atoms with Crippen molar-refractivity contribution in [3.8, 4) is 0 Å². The molecule has 1 fully saturated rings. The third kappa shape index (κ3) is 8.13. The van der Waals surface area contributed by atoms with Gasteiger partial charge in [-0.25, -0.2) is 9.78 Å². The highest BCUT2D eigenvalue weighted by Crippen LogP contribution is 2.21. The number of rotatable bonds is 10. The number of carboxylic acid groups (broad SMARTS) is 1. The summed E-state index contributed by atoms with van der Waals surface area (Å²) in [5.74, 6) is -2.02. The number of carboxylic acids is 1. The summed E-state index contributed by atoms with van der Waals surface area (Å²) in [6.07, 6.45) is 2.06. The molecular formula is C19H31N7O4S. The second kappa shape index (κ2) is 11.6. The normalized spacial score (nSPS) is 17.5. The van der Waals surface area contributed by atoms with E-state index in [2.05, 4.69) is 20.6 Å². The number of aliphatic carboxylic acids is 1. The minimum atomic E-state index is -1.10. The van der Waals surface area contributed by atoms with E-state index in [1.165, 1.54) is 11.3 Å². The Morgan fingerprint density at radius 1 is 1.35 bits per heavy atom. The molecule has 0 aromatic carbocycles. The van der Waals surface area contributed by atoms with Gasteiger partial charge in [0.15, 0.2) is 11.1 Å². The van der Waals surface area contributed by atoms with Crippen molar-refractivity contribution < 1.29 is 19.5 Å². The molecule has 2 amide bonds. The van der Waals surface area contributed by atoms with Gasteiger partial charge in [0.25, 0.3) is 0 Å². The number of guanidine groups is 1. The van der Waals surface area contributed by atoms with Gasteiger partial charge in [-0.1, -0.05) is 0 Å². The van der Waals surface area contributed by atoms with Gasteiger partial charge in [0.2, 0.25) is 11.8 Å². The first-order valence-corrected chi connectivity index (χ1v) is 11.0. The second-order valence-electron chi connectivity index (χ2n) is 7.63. The number of aliphatic imine (C=N–C) groups is 1. The molecule has 0 spiro atoms. The van der Waals surface area contributed by atoms with Crippen molar-refractivity contribution in [2.24, 2.45) is 22.4 Å². The monoisotopic (exact) mass is 453 g/mol. The number of aryl methyl sites for hydroxylation is 2. The largest absolute Gasteiger partial charge is 0.480 e. The fraction of sp³-hybridized carbons (Fsp3) is 0.632. The van der Waals surface area contributed by atoms with Crippen LogP contribution in [0.4, 0.5) is 5.13 Å². The quantitative estimate of drug-likeness (QED) is 0.187. The van der Waals surface area contributed by atoms with Crippen LogP contribution in [0.15, 0.2) is 4.99 Å². The number of aromatic nitrogens is 1. The van der Waals surface area contributed by atoms with Crippen LogP contribution in [0.2, 0.25) is 0 Å². The van der Waals surface area contributed by atoms with E-state index in [4.69, 9.17) is 11.5 Å². The molecule has 1 saturated heterocycles. The lowest BCUT2D eigenvalue weighted by atomic mass is 9.96. The van der Waals surface area contributed by atoms with Crippen LogP contribution in [0, 0.1) is 19.8 Å². The molecule has 0 aliphatic carbocycles. The topological polar surface area (TPSA) is 176 Å². The molecule has 0 radical (unpaired) electrons. The van der Waals surface area contributed by atoms with Crippen molar-refractivity contribution in [2.75, 3.05) is 31.5 Å². The molecule has 2 unspecified atom stereocenters. The molecular weight excluding hydrogens is 422 g/mol. The lowest BCUT2D eigenvalue weighted by Gasteiger charge is -2.32. The predicted octanol–water partition coefficient (Wildman–Crippen LogP) is 0.0334. The van der Waals surface area contributed by atoms with Gasteiger partial charge in [-0.3, -0.25) is 19.5 Å². The fourth-order valence-electron chi connectivity index (χ4n) is 3.35. The van der Waals surface area contributed by atoms with E-state index in [0.29, 0.717) is 37.6 Å². The number of hydrogen-bond donors (Lipinski definition) is 5. The number of nitrogens with two attached hydrogens (primary N) is 2. The highest BCUT2D eigenvalue weighted by Gasteiger charge is 2.29. The summed E-state index contributed by atoms with van der Waals surface area (Å²) >= 11 is 1.43. The van der Waals surface area contributed by atoms with Crippen LogP contribution in [-0.4, -0.2) is 71.0 Å². The van der Waals surface area contributed by atoms with Crippen LogP contribution in [-0.2, 0) is 14.4 Å². The van der Waals surface area contributed by atoms with E-state index in [1.54, 1.807) is 0 Å². The number of thiazole rings is 1. The molecule has 1 aromatic rings. The van der Waals surface area contributed by atoms with Crippen molar-refractivity contribution in [3.05, 3.63) is 10.6 Å². The van der Waals surface area contributed by atoms with E-state index in [-0.39, 0.29) is 36.7 Å². The van der Waals surface area contributed by atoms with Gasteiger partial charge in [0.05, 0.1) is 18.2 Å². The number of piperidine rings is 1. The first kappa shape index (κ1) is 24.5. The number of likely N-dealkylation sites (tertiary alicyclic amines) is 1. The van der Waals surface area contributed by atoms with Gasteiger partial charge in [0.1, 0.15) is 6.04 Å². The van der Waals surface area contributed by atoms with Crippen molar-refractivity contribution >= 4 is 40.2 Å². The summed E-state index contributed by atoms with van der Waals surface area (Å²) in [4.78, 5) is 47.6. The maximum absolute atomic E-state index is 12.6. The Kier molecular flexibility index (Phi) is 9.19. The zero-order valence-electron chi connectivity index (χ0n) is 17.9. The van der Waals surface area contributed by atoms with Gasteiger partial charge < -0.3 is 27.2 Å². The Labute approximate surface area is 185 Å². The van der Waals surface area contributed by atoms with Gasteiger partial charge in [-0.15, -0.1) is 11.3 Å². The molecule has 2 rings (SSSR count). The Bertz CT molecular complexity index is 803. The fourth-order valence-corrected chi connectivity index (χ4v) is 4.18. The molecule has 1 aromatic heterocycles. The third-order valence-electron chi connectivity index (χ3n) is 5.08. The van der Waals surface area contributed by atoms with Crippen LogP contribution < -0.4 is 22.1 Å². The summed E-state index contributed by atoms with van der Waals surface area (Å²) in [6, 6.07) is -1.00. The van der Waals surface area contributed by atoms with Gasteiger partial charge in [-0.2, -0.15) is 0 Å². The number of nitrogens with zero attached hydrogens (tertiary/aromatic N) is 3. The van der Waals surface area contributed by atoms with Gasteiger partial charge >= 0.3 is 5.97 Å². The Morgan fingerprint density at radius 2 is 2.10 bits per heavy atom. The number of carbonyl (C=O) groups excluding carboxylic acids is 2. The average Bonchev–Trinajstić information content (AvgIpc) is 3.00. The average molecular weight is 454 g/mol. The van der Waals surface area contributed by atoms with E-state index < -0.39 is 12.0 Å². The summed E-state index contributed by atoms with van der Waals surface area (Å²) in [7, 11) is 0. The zero-order chi connectivity index (χ0) is 23.0. The predicted molar refractivity (Wildman–Crippen MR) is 119 cm³/mol. The molecule has 11 nitrogen and oxygen atoms in total. The number of carbonyl (C=O) groups is 3. The molecule has 12 heteroatoms. The lowest BCUT2D eigenvalue weighted by Crippen LogP contribution is -2.49. The molecule has 31 heavy (non-hydrogen) atoms. The lowest BCUT2D eigenvalue weighted by molar-refractivity contribution is -0.143. The summed E-state index contributed by atoms with van der Waals surface area (Å²) in [6.45, 7) is 5.39. The molecule has 2 heterocycles. The van der Waals surface area contributed by atoms with E-state index in [1.807, 2.05) is 18.7 Å². The zero-order valence-corrected chi connectivity index (χ0v) is 18.7. The van der Waals surface area contributed by atoms with Crippen LogP contribution in [0.3, 0.4) is 0 Å². The molecule has 0 bridgehead atoms. The van der Waals surface area contributed by atoms with Crippen molar-refractivity contribution in [3.63, 3.8) is 0 Å². The minimum Gasteiger partial charge on any atom is -0.480 e. The number of amides is 2. The first-order chi connectivity index (χ1) is 14.7. The first-order valence-electron chi connectivity index (χ1n) is 10.2. The third-order valence-corrected chi connectivity index (χ3v) is 6.07. The summed E-state index contributed by atoms with van der Waals surface area (Å²) in [5.41, 5.74) is 11.4. The summed E-state index contributed by atoms with van der Waals surface area (Å²) in [5, 5.41) is 15.4. The maximum Gasteiger partial charge on any atom is 0.326 e. The standard InChI is InChI=1S/C19H31N7O4S/c1-11-12(2)31-19(23-11)25-15(27)10-26-8-4-5-13(9-26)16(28)24-14(17(29)30)6-3-7-22-18(20)21/h13-14H,3-10H2,1-2H3,(H,24,28)(H,29,30)(H4,20,21,22)(H,23,25,27). The maximum atomic E-state index is 12.6. The highest BCUT2D eigenvalue weighted by molar-refractivity contribution is 7.15. The Morgan fingerprint density at radius 3 is 2.71 bits per heavy atom. The summed E-state index contributed by atoms with van der Waals surface area (Å²) < 4.78 is 0. The van der Waals surface area contributed by atoms with Crippen LogP contribution in [0.1, 0.15) is 36.3 Å². The van der Waals surface area contributed by atoms with Crippen LogP contribution >= 0.6 is 11.3 Å². The van der Waals surface area contributed by atoms with E-state index >= 15 is 0 Å². The number of hydrogen-bond acceptors (Lipinski definition) is 7. The second-order valence-corrected chi connectivity index (χ2v) is 8.83.